The van der Waals surface area contributed by atoms with Gasteiger partial charge in [-0.15, -0.1) is 0 Å². The zero-order valence-corrected chi connectivity index (χ0v) is 11.6. The van der Waals surface area contributed by atoms with Crippen molar-refractivity contribution in [1.29, 1.82) is 0 Å². The van der Waals surface area contributed by atoms with Crippen molar-refractivity contribution < 1.29 is 19.2 Å². The number of furan rings is 1. The summed E-state index contributed by atoms with van der Waals surface area (Å²) in [5.41, 5.74) is -0.172. The predicted octanol–water partition coefficient (Wildman–Crippen LogP) is 2.52. The molecule has 2 heterocycles. The molecule has 1 saturated heterocycles. The van der Waals surface area contributed by atoms with Crippen molar-refractivity contribution in [3.05, 3.63) is 58.0 Å². The maximum atomic E-state index is 12.4. The van der Waals surface area contributed by atoms with Gasteiger partial charge in [-0.3, -0.25) is 14.9 Å². The van der Waals surface area contributed by atoms with Crippen molar-refractivity contribution in [2.75, 3.05) is 13.1 Å². The number of phenols is 1. The van der Waals surface area contributed by atoms with Gasteiger partial charge in [-0.05, 0) is 30.7 Å². The number of aromatic hydroxyl groups is 1. The van der Waals surface area contributed by atoms with Crippen molar-refractivity contribution in [2.24, 2.45) is 0 Å². The number of amides is 1. The van der Waals surface area contributed by atoms with Crippen LogP contribution in [0.1, 0.15) is 28.5 Å². The predicted molar refractivity (Wildman–Crippen MR) is 76.7 cm³/mol. The van der Waals surface area contributed by atoms with E-state index < -0.39 is 16.4 Å². The van der Waals surface area contributed by atoms with E-state index in [0.29, 0.717) is 13.1 Å². The van der Waals surface area contributed by atoms with Gasteiger partial charge in [0.1, 0.15) is 5.76 Å². The summed E-state index contributed by atoms with van der Waals surface area (Å²) in [4.78, 5) is 24.1. The minimum atomic E-state index is -0.688. The molecule has 2 aromatic rings. The van der Waals surface area contributed by atoms with E-state index in [1.54, 1.807) is 11.2 Å². The maximum absolute atomic E-state index is 12.4. The molecule has 7 nitrogen and oxygen atoms in total. The van der Waals surface area contributed by atoms with Crippen LogP contribution in [0.5, 0.6) is 5.75 Å². The largest absolute Gasteiger partial charge is 0.502 e. The van der Waals surface area contributed by atoms with Crippen molar-refractivity contribution in [2.45, 2.75) is 12.3 Å². The first-order chi connectivity index (χ1) is 10.6. The molecule has 0 bridgehead atoms. The Morgan fingerprint density at radius 1 is 1.41 bits per heavy atom. The van der Waals surface area contributed by atoms with Crippen LogP contribution in [-0.2, 0) is 0 Å². The molecule has 7 heteroatoms. The summed E-state index contributed by atoms with van der Waals surface area (Å²) in [5.74, 6) is 0.254. The normalized spacial score (nSPS) is 17.6. The first kappa shape index (κ1) is 14.1. The Bertz CT molecular complexity index is 711. The lowest BCUT2D eigenvalue weighted by Gasteiger charge is -2.16. The van der Waals surface area contributed by atoms with Gasteiger partial charge in [0.15, 0.2) is 5.75 Å². The monoisotopic (exact) mass is 302 g/mol. The fraction of sp³-hybridized carbons (Fsp3) is 0.267. The second-order valence-corrected chi connectivity index (χ2v) is 5.21. The average Bonchev–Trinajstić information content (AvgIpc) is 3.16. The average molecular weight is 302 g/mol. The number of nitro benzene ring substituents is 1. The highest BCUT2D eigenvalue weighted by atomic mass is 16.6. The number of rotatable bonds is 3. The number of phenolic OH excluding ortho intramolecular Hbond substituents is 1. The lowest BCUT2D eigenvalue weighted by molar-refractivity contribution is -0.385. The van der Waals surface area contributed by atoms with Crippen LogP contribution < -0.4 is 0 Å². The van der Waals surface area contributed by atoms with Crippen LogP contribution >= 0.6 is 0 Å². The summed E-state index contributed by atoms with van der Waals surface area (Å²) in [6, 6.07) is 7.34. The summed E-state index contributed by atoms with van der Waals surface area (Å²) in [6.45, 7) is 1.12. The Hall–Kier alpha value is -2.83. The molecule has 3 rings (SSSR count). The Morgan fingerprint density at radius 3 is 2.86 bits per heavy atom. The lowest BCUT2D eigenvalue weighted by Crippen LogP contribution is -2.28. The van der Waals surface area contributed by atoms with E-state index in [-0.39, 0.29) is 17.4 Å². The second kappa shape index (κ2) is 5.51. The molecule has 1 amide bonds. The van der Waals surface area contributed by atoms with Gasteiger partial charge in [0.2, 0.25) is 0 Å². The number of hydrogen-bond donors (Lipinski definition) is 1. The highest BCUT2D eigenvalue weighted by molar-refractivity contribution is 5.95. The van der Waals surface area contributed by atoms with Crippen LogP contribution in [0.4, 0.5) is 5.69 Å². The molecular formula is C15H14N2O5. The molecule has 0 saturated carbocycles. The lowest BCUT2D eigenvalue weighted by atomic mass is 10.1. The number of nitro groups is 1. The Labute approximate surface area is 125 Å². The van der Waals surface area contributed by atoms with E-state index >= 15 is 0 Å². The van der Waals surface area contributed by atoms with E-state index in [9.17, 15) is 20.0 Å². The van der Waals surface area contributed by atoms with Crippen LogP contribution in [0.25, 0.3) is 0 Å². The molecule has 0 aliphatic carbocycles. The van der Waals surface area contributed by atoms with Crippen molar-refractivity contribution in [3.8, 4) is 5.75 Å². The number of nitrogens with zero attached hydrogens (tertiary/aromatic N) is 2. The van der Waals surface area contributed by atoms with Crippen LogP contribution in [0.15, 0.2) is 41.0 Å². The van der Waals surface area contributed by atoms with Gasteiger partial charge in [-0.2, -0.15) is 0 Å². The van der Waals surface area contributed by atoms with Crippen LogP contribution in [0.3, 0.4) is 0 Å². The standard InChI is InChI=1S/C15H14N2O5/c18-13-8-10(3-4-12(13)17(20)21)15(19)16-6-5-11(9-16)14-2-1-7-22-14/h1-4,7-8,11,18H,5-6,9H2. The highest BCUT2D eigenvalue weighted by Gasteiger charge is 2.30. The number of hydrogen-bond acceptors (Lipinski definition) is 5. The van der Waals surface area contributed by atoms with Crippen LogP contribution in [0, 0.1) is 10.1 Å². The Balaban J connectivity index is 1.75. The fourth-order valence-corrected chi connectivity index (χ4v) is 2.69. The Kier molecular flexibility index (Phi) is 3.54. The van der Waals surface area contributed by atoms with Gasteiger partial charge in [0, 0.05) is 30.6 Å². The fourth-order valence-electron chi connectivity index (χ4n) is 2.69. The Morgan fingerprint density at radius 2 is 2.23 bits per heavy atom. The molecule has 1 aliphatic heterocycles. The second-order valence-electron chi connectivity index (χ2n) is 5.21. The zero-order valence-electron chi connectivity index (χ0n) is 11.6. The summed E-state index contributed by atoms with van der Waals surface area (Å²) < 4.78 is 5.36. The first-order valence-corrected chi connectivity index (χ1v) is 6.86. The molecule has 0 spiro atoms. The minimum absolute atomic E-state index is 0.158. The van der Waals surface area contributed by atoms with E-state index in [0.717, 1.165) is 24.3 Å². The SMILES string of the molecule is O=C(c1ccc([N+](=O)[O-])c(O)c1)N1CCC(c2ccco2)C1. The van der Waals surface area contributed by atoms with Crippen molar-refractivity contribution >= 4 is 11.6 Å². The molecule has 1 unspecified atom stereocenters. The van der Waals surface area contributed by atoms with E-state index in [4.69, 9.17) is 4.42 Å². The van der Waals surface area contributed by atoms with Gasteiger partial charge in [-0.25, -0.2) is 0 Å². The van der Waals surface area contributed by atoms with Crippen LogP contribution in [-0.4, -0.2) is 33.9 Å². The van der Waals surface area contributed by atoms with E-state index in [1.807, 2.05) is 12.1 Å². The molecule has 1 aliphatic rings. The maximum Gasteiger partial charge on any atom is 0.310 e. The summed E-state index contributed by atoms with van der Waals surface area (Å²) in [6.07, 6.45) is 2.41. The zero-order chi connectivity index (χ0) is 15.7. The third-order valence-electron chi connectivity index (χ3n) is 3.84. The van der Waals surface area contributed by atoms with Crippen molar-refractivity contribution in [3.63, 3.8) is 0 Å². The van der Waals surface area contributed by atoms with E-state index in [1.165, 1.54) is 6.07 Å². The molecular weight excluding hydrogens is 288 g/mol. The summed E-state index contributed by atoms with van der Waals surface area (Å²) in [7, 11) is 0. The van der Waals surface area contributed by atoms with E-state index in [2.05, 4.69) is 0 Å². The van der Waals surface area contributed by atoms with Gasteiger partial charge >= 0.3 is 5.69 Å². The number of benzene rings is 1. The molecule has 1 N–H and O–H groups in total. The smallest absolute Gasteiger partial charge is 0.310 e. The van der Waals surface area contributed by atoms with Gasteiger partial charge < -0.3 is 14.4 Å². The number of likely N-dealkylation sites (tertiary alicyclic amines) is 1. The molecule has 1 aromatic heterocycles. The molecule has 0 radical (unpaired) electrons. The quantitative estimate of drug-likeness (QED) is 0.694. The summed E-state index contributed by atoms with van der Waals surface area (Å²) in [5, 5.41) is 20.3. The topological polar surface area (TPSA) is 96.8 Å². The molecule has 1 fully saturated rings. The highest BCUT2D eigenvalue weighted by Crippen LogP contribution is 2.30. The van der Waals surface area contributed by atoms with Crippen molar-refractivity contribution in [1.82, 2.24) is 4.90 Å². The van der Waals surface area contributed by atoms with Gasteiger partial charge in [0.25, 0.3) is 5.91 Å². The van der Waals surface area contributed by atoms with Gasteiger partial charge in [0.05, 0.1) is 11.2 Å². The first-order valence-electron chi connectivity index (χ1n) is 6.86. The number of carbonyl (C=O) groups excluding carboxylic acids is 1. The minimum Gasteiger partial charge on any atom is -0.502 e. The summed E-state index contributed by atoms with van der Waals surface area (Å²) >= 11 is 0. The number of carbonyl (C=O) groups is 1. The molecule has 22 heavy (non-hydrogen) atoms. The molecule has 114 valence electrons. The van der Waals surface area contributed by atoms with Gasteiger partial charge in [-0.1, -0.05) is 0 Å². The van der Waals surface area contributed by atoms with Crippen LogP contribution in [0.2, 0.25) is 0 Å². The molecule has 1 atom stereocenters. The molecule has 1 aromatic carbocycles. The third-order valence-corrected chi connectivity index (χ3v) is 3.84. The third kappa shape index (κ3) is 2.52.